The van der Waals surface area contributed by atoms with Crippen molar-refractivity contribution in [2.24, 2.45) is 0 Å². The van der Waals surface area contributed by atoms with Gasteiger partial charge in [0.05, 0.1) is 0 Å². The van der Waals surface area contributed by atoms with E-state index < -0.39 is 0 Å². The Morgan fingerprint density at radius 3 is 1.36 bits per heavy atom. The number of hydrogen-bond acceptors (Lipinski definition) is 4. The van der Waals surface area contributed by atoms with Crippen LogP contribution in [0.25, 0.3) is 0 Å². The second-order valence-corrected chi connectivity index (χ2v) is 6.04. The molecule has 0 aliphatic rings. The van der Waals surface area contributed by atoms with Crippen LogP contribution < -0.4 is 9.47 Å². The lowest BCUT2D eigenvalue weighted by Crippen LogP contribution is -1.97. The van der Waals surface area contributed by atoms with Crippen LogP contribution in [0.15, 0.2) is 58.3 Å². The maximum Gasteiger partial charge on any atom is 0.149 e. The van der Waals surface area contributed by atoms with Gasteiger partial charge >= 0.3 is 0 Å². The van der Waals surface area contributed by atoms with Crippen LogP contribution in [0.4, 0.5) is 0 Å². The van der Waals surface area contributed by atoms with Crippen LogP contribution in [0.2, 0.25) is 0 Å². The summed E-state index contributed by atoms with van der Waals surface area (Å²) in [6.45, 7) is 0.737. The molecule has 0 radical (unpaired) electrons. The molecule has 0 amide bonds. The van der Waals surface area contributed by atoms with Gasteiger partial charge < -0.3 is 9.47 Å². The summed E-state index contributed by atoms with van der Waals surface area (Å²) in [5, 5.41) is 0. The highest BCUT2D eigenvalue weighted by Crippen LogP contribution is 2.19. The third-order valence-corrected chi connectivity index (χ3v) is 4.35. The fraction of sp³-hybridized carbons (Fsp3) is 0.222. The van der Waals surface area contributed by atoms with Gasteiger partial charge in [0.1, 0.15) is 24.7 Å². The number of benzene rings is 2. The van der Waals surface area contributed by atoms with E-state index in [-0.39, 0.29) is 0 Å². The minimum atomic E-state index is 0.368. The van der Waals surface area contributed by atoms with Crippen LogP contribution in [0.3, 0.4) is 0 Å². The molecule has 0 unspecified atom stereocenters. The SMILES string of the molecule is CSc1ccc(OCC#CCOc2ccc(SC)cc2)cc1. The van der Waals surface area contributed by atoms with E-state index in [1.807, 2.05) is 48.5 Å². The highest BCUT2D eigenvalue weighted by atomic mass is 32.2. The molecule has 0 heterocycles. The maximum atomic E-state index is 5.55. The Balaban J connectivity index is 1.70. The average Bonchev–Trinajstić information content (AvgIpc) is 2.59. The molecule has 2 aromatic carbocycles. The van der Waals surface area contributed by atoms with Gasteiger partial charge in [0.25, 0.3) is 0 Å². The van der Waals surface area contributed by atoms with Gasteiger partial charge in [0, 0.05) is 9.79 Å². The molecule has 2 aromatic rings. The van der Waals surface area contributed by atoms with Crippen molar-refractivity contribution >= 4 is 23.5 Å². The first-order valence-electron chi connectivity index (χ1n) is 6.81. The van der Waals surface area contributed by atoms with Crippen molar-refractivity contribution in [3.05, 3.63) is 48.5 Å². The molecular weight excluding hydrogens is 312 g/mol. The van der Waals surface area contributed by atoms with Crippen LogP contribution >= 0.6 is 23.5 Å². The predicted molar refractivity (Wildman–Crippen MR) is 95.2 cm³/mol. The molecule has 0 fully saturated rings. The molecule has 2 rings (SSSR count). The number of hydrogen-bond donors (Lipinski definition) is 0. The number of rotatable bonds is 6. The standard InChI is InChI=1S/C18H18O2S2/c1-21-17-9-5-15(6-10-17)19-13-3-4-14-20-16-7-11-18(22-2)12-8-16/h5-12H,13-14H2,1-2H3. The summed E-state index contributed by atoms with van der Waals surface area (Å²) < 4.78 is 11.1. The molecule has 0 spiro atoms. The van der Waals surface area contributed by atoms with Gasteiger partial charge in [-0.2, -0.15) is 0 Å². The second-order valence-electron chi connectivity index (χ2n) is 4.28. The summed E-state index contributed by atoms with van der Waals surface area (Å²) in [6, 6.07) is 16.0. The maximum absolute atomic E-state index is 5.55. The van der Waals surface area contributed by atoms with Gasteiger partial charge in [0.2, 0.25) is 0 Å². The third-order valence-electron chi connectivity index (χ3n) is 2.87. The first-order valence-corrected chi connectivity index (χ1v) is 9.26. The van der Waals surface area contributed by atoms with Gasteiger partial charge in [0.15, 0.2) is 0 Å². The summed E-state index contributed by atoms with van der Waals surface area (Å²) in [5.41, 5.74) is 0. The number of thioether (sulfide) groups is 2. The Labute approximate surface area is 140 Å². The average molecular weight is 330 g/mol. The quantitative estimate of drug-likeness (QED) is 0.569. The third kappa shape index (κ3) is 5.59. The van der Waals surface area contributed by atoms with Crippen LogP contribution in [-0.4, -0.2) is 25.7 Å². The van der Waals surface area contributed by atoms with E-state index >= 15 is 0 Å². The van der Waals surface area contributed by atoms with Crippen molar-refractivity contribution < 1.29 is 9.47 Å². The zero-order valence-corrected chi connectivity index (χ0v) is 14.3. The van der Waals surface area contributed by atoms with E-state index in [2.05, 4.69) is 24.4 Å². The highest BCUT2D eigenvalue weighted by molar-refractivity contribution is 7.98. The monoisotopic (exact) mass is 330 g/mol. The molecule has 0 saturated heterocycles. The molecule has 0 atom stereocenters. The van der Waals surface area contributed by atoms with Gasteiger partial charge in [-0.1, -0.05) is 11.8 Å². The summed E-state index contributed by atoms with van der Waals surface area (Å²) in [6.07, 6.45) is 4.10. The van der Waals surface area contributed by atoms with E-state index in [0.29, 0.717) is 13.2 Å². The summed E-state index contributed by atoms with van der Waals surface area (Å²) >= 11 is 3.42. The highest BCUT2D eigenvalue weighted by Gasteiger charge is 1.94. The Morgan fingerprint density at radius 2 is 1.05 bits per heavy atom. The minimum Gasteiger partial charge on any atom is -0.481 e. The van der Waals surface area contributed by atoms with Crippen molar-refractivity contribution in [1.82, 2.24) is 0 Å². The lowest BCUT2D eigenvalue weighted by atomic mass is 10.3. The van der Waals surface area contributed by atoms with Crippen LogP contribution in [0.5, 0.6) is 11.5 Å². The normalized spacial score (nSPS) is 9.73. The Morgan fingerprint density at radius 1 is 0.682 bits per heavy atom. The smallest absolute Gasteiger partial charge is 0.149 e. The molecule has 22 heavy (non-hydrogen) atoms. The number of ether oxygens (including phenoxy) is 2. The topological polar surface area (TPSA) is 18.5 Å². The first-order chi connectivity index (χ1) is 10.8. The van der Waals surface area contributed by atoms with Gasteiger partial charge in [-0.15, -0.1) is 23.5 Å². The zero-order chi connectivity index (χ0) is 15.6. The Kier molecular flexibility index (Phi) is 7.08. The molecule has 0 saturated carbocycles. The Bertz CT molecular complexity index is 569. The van der Waals surface area contributed by atoms with Gasteiger partial charge in [-0.05, 0) is 61.0 Å². The van der Waals surface area contributed by atoms with E-state index in [0.717, 1.165) is 11.5 Å². The fourth-order valence-electron chi connectivity index (χ4n) is 1.68. The molecule has 114 valence electrons. The summed E-state index contributed by atoms with van der Waals surface area (Å²) in [7, 11) is 0. The zero-order valence-electron chi connectivity index (χ0n) is 12.7. The second kappa shape index (κ2) is 9.34. The van der Waals surface area contributed by atoms with Crippen LogP contribution in [0.1, 0.15) is 0 Å². The largest absolute Gasteiger partial charge is 0.481 e. The minimum absolute atomic E-state index is 0.368. The van der Waals surface area contributed by atoms with E-state index in [9.17, 15) is 0 Å². The van der Waals surface area contributed by atoms with Crippen molar-refractivity contribution in [3.63, 3.8) is 0 Å². The van der Waals surface area contributed by atoms with Crippen molar-refractivity contribution in [2.45, 2.75) is 9.79 Å². The van der Waals surface area contributed by atoms with E-state index in [1.165, 1.54) is 9.79 Å². The van der Waals surface area contributed by atoms with Gasteiger partial charge in [-0.25, -0.2) is 0 Å². The van der Waals surface area contributed by atoms with E-state index in [4.69, 9.17) is 9.47 Å². The molecule has 2 nitrogen and oxygen atoms in total. The predicted octanol–water partition coefficient (Wildman–Crippen LogP) is 4.59. The molecular formula is C18H18O2S2. The molecule has 0 N–H and O–H groups in total. The Hall–Kier alpha value is -1.70. The lowest BCUT2D eigenvalue weighted by molar-refractivity contribution is 0.362. The van der Waals surface area contributed by atoms with Crippen molar-refractivity contribution in [3.8, 4) is 23.3 Å². The van der Waals surface area contributed by atoms with Crippen molar-refractivity contribution in [2.75, 3.05) is 25.7 Å². The summed E-state index contributed by atoms with van der Waals surface area (Å²) in [5.74, 6) is 7.57. The van der Waals surface area contributed by atoms with Gasteiger partial charge in [-0.3, -0.25) is 0 Å². The fourth-order valence-corrected chi connectivity index (χ4v) is 2.50. The van der Waals surface area contributed by atoms with E-state index in [1.54, 1.807) is 23.5 Å². The summed E-state index contributed by atoms with van der Waals surface area (Å²) in [4.78, 5) is 2.44. The van der Waals surface area contributed by atoms with Crippen molar-refractivity contribution in [1.29, 1.82) is 0 Å². The molecule has 0 aliphatic carbocycles. The molecule has 4 heteroatoms. The molecule has 0 aromatic heterocycles. The molecule has 0 aliphatic heterocycles. The lowest BCUT2D eigenvalue weighted by Gasteiger charge is -2.03. The van der Waals surface area contributed by atoms with Crippen LogP contribution in [0, 0.1) is 11.8 Å². The molecule has 0 bridgehead atoms. The van der Waals surface area contributed by atoms with Crippen LogP contribution in [-0.2, 0) is 0 Å². The first kappa shape index (κ1) is 16.7.